The molecule has 0 aliphatic rings. The molecule has 0 aromatic heterocycles. The van der Waals surface area contributed by atoms with Gasteiger partial charge in [-0.1, -0.05) is 5.04 Å². The number of carbonyl (C=O) groups excluding carboxylic acids is 1. The number of nitrogens with one attached hydrogen (secondary N) is 1. The SMILES string of the molecule is COOOSC(CC(=O)O)C(=O)NO. The van der Waals surface area contributed by atoms with Gasteiger partial charge in [0.1, 0.15) is 5.25 Å². The van der Waals surface area contributed by atoms with Gasteiger partial charge in [-0.3, -0.25) is 14.8 Å². The maximum absolute atomic E-state index is 10.8. The van der Waals surface area contributed by atoms with Gasteiger partial charge in [0.25, 0.3) is 5.91 Å². The summed E-state index contributed by atoms with van der Waals surface area (Å²) in [5.41, 5.74) is 1.30. The molecule has 0 aromatic rings. The summed E-state index contributed by atoms with van der Waals surface area (Å²) in [4.78, 5) is 25.1. The Morgan fingerprint density at radius 1 is 1.57 bits per heavy atom. The van der Waals surface area contributed by atoms with Gasteiger partial charge < -0.3 is 5.11 Å². The van der Waals surface area contributed by atoms with E-state index in [0.29, 0.717) is 12.0 Å². The molecule has 0 spiro atoms. The summed E-state index contributed by atoms with van der Waals surface area (Å²) in [6, 6.07) is 0. The fourth-order valence-electron chi connectivity index (χ4n) is 0.492. The minimum Gasteiger partial charge on any atom is -0.481 e. The lowest BCUT2D eigenvalue weighted by Gasteiger charge is -2.09. The minimum atomic E-state index is -1.22. The fraction of sp³-hybridized carbons (Fsp3) is 0.600. The van der Waals surface area contributed by atoms with Crippen LogP contribution in [-0.2, 0) is 23.8 Å². The van der Waals surface area contributed by atoms with Gasteiger partial charge in [-0.15, -0.1) is 4.33 Å². The van der Waals surface area contributed by atoms with Crippen LogP contribution in [0.4, 0.5) is 0 Å². The molecule has 9 heteroatoms. The van der Waals surface area contributed by atoms with E-state index >= 15 is 0 Å². The largest absolute Gasteiger partial charge is 0.481 e. The molecule has 3 N–H and O–H groups in total. The van der Waals surface area contributed by atoms with Gasteiger partial charge in [0.2, 0.25) is 0 Å². The van der Waals surface area contributed by atoms with Crippen LogP contribution in [0.2, 0.25) is 0 Å². The van der Waals surface area contributed by atoms with Crippen molar-refractivity contribution in [2.24, 2.45) is 0 Å². The van der Waals surface area contributed by atoms with Crippen LogP contribution in [0.15, 0.2) is 0 Å². The highest BCUT2D eigenvalue weighted by Gasteiger charge is 2.23. The number of hydrogen-bond acceptors (Lipinski definition) is 7. The Bertz CT molecular complexity index is 199. The van der Waals surface area contributed by atoms with Crippen LogP contribution in [0.25, 0.3) is 0 Å². The Hall–Kier alpha value is -0.870. The predicted molar refractivity (Wildman–Crippen MR) is 42.7 cm³/mol. The molecule has 82 valence electrons. The molecule has 0 heterocycles. The standard InChI is InChI=1S/C5H9NO7S/c1-11-12-13-14-3(2-4(7)8)5(9)6-10/h3,10H,2H2,1H3,(H,6,9)(H,7,8). The number of hydroxylamine groups is 1. The number of aliphatic carboxylic acids is 1. The first-order valence-electron chi connectivity index (χ1n) is 3.30. The van der Waals surface area contributed by atoms with Crippen molar-refractivity contribution < 1.29 is 34.2 Å². The monoisotopic (exact) mass is 227 g/mol. The van der Waals surface area contributed by atoms with Gasteiger partial charge in [0, 0.05) is 12.0 Å². The number of rotatable bonds is 7. The molecular weight excluding hydrogens is 218 g/mol. The number of amides is 1. The van der Waals surface area contributed by atoms with Crippen molar-refractivity contribution in [3.63, 3.8) is 0 Å². The third-order valence-corrected chi connectivity index (χ3v) is 1.76. The molecular formula is C5H9NO7S. The Kier molecular flexibility index (Phi) is 7.06. The van der Waals surface area contributed by atoms with Crippen molar-refractivity contribution in [2.45, 2.75) is 11.7 Å². The molecule has 0 aliphatic heterocycles. The van der Waals surface area contributed by atoms with Crippen LogP contribution in [0, 0.1) is 0 Å². The number of carboxylic acid groups (broad SMARTS) is 1. The summed E-state index contributed by atoms with van der Waals surface area (Å²) in [7, 11) is 1.17. The molecule has 8 nitrogen and oxygen atoms in total. The van der Waals surface area contributed by atoms with Crippen LogP contribution in [-0.4, -0.2) is 34.6 Å². The Balaban J connectivity index is 3.97. The average molecular weight is 227 g/mol. The molecule has 0 bridgehead atoms. The molecule has 14 heavy (non-hydrogen) atoms. The lowest BCUT2D eigenvalue weighted by molar-refractivity contribution is -0.447. The second-order valence-electron chi connectivity index (χ2n) is 1.96. The number of hydrogen-bond donors (Lipinski definition) is 3. The van der Waals surface area contributed by atoms with Crippen molar-refractivity contribution in [1.29, 1.82) is 0 Å². The normalized spacial score (nSPS) is 12.1. The summed E-state index contributed by atoms with van der Waals surface area (Å²) in [6.45, 7) is 0. The molecule has 0 saturated heterocycles. The topological polar surface area (TPSA) is 114 Å². The summed E-state index contributed by atoms with van der Waals surface area (Å²) in [6.07, 6.45) is -0.524. The highest BCUT2D eigenvalue weighted by atomic mass is 32.2. The Morgan fingerprint density at radius 3 is 2.64 bits per heavy atom. The molecule has 0 aliphatic carbocycles. The average Bonchev–Trinajstić information content (AvgIpc) is 2.15. The summed E-state index contributed by atoms with van der Waals surface area (Å²) < 4.78 is 4.23. The maximum Gasteiger partial charge on any atom is 0.305 e. The molecule has 0 rings (SSSR count). The zero-order valence-corrected chi connectivity index (χ0v) is 7.94. The van der Waals surface area contributed by atoms with E-state index in [0.717, 1.165) is 0 Å². The van der Waals surface area contributed by atoms with Crippen molar-refractivity contribution >= 4 is 23.9 Å². The van der Waals surface area contributed by atoms with E-state index in [1.165, 1.54) is 12.6 Å². The fourth-order valence-corrected chi connectivity index (χ4v) is 1.03. The van der Waals surface area contributed by atoms with Crippen molar-refractivity contribution in [1.82, 2.24) is 5.48 Å². The van der Waals surface area contributed by atoms with Gasteiger partial charge in [0.05, 0.1) is 13.5 Å². The molecule has 0 fully saturated rings. The summed E-state index contributed by atoms with van der Waals surface area (Å²) in [5.74, 6) is -2.12. The minimum absolute atomic E-state index is 0.407. The Morgan fingerprint density at radius 2 is 2.21 bits per heavy atom. The van der Waals surface area contributed by atoms with Crippen LogP contribution >= 0.6 is 12.0 Å². The van der Waals surface area contributed by atoms with Gasteiger partial charge in [-0.2, -0.15) is 0 Å². The molecule has 0 radical (unpaired) electrons. The van der Waals surface area contributed by atoms with E-state index in [1.54, 1.807) is 0 Å². The first-order valence-corrected chi connectivity index (χ1v) is 4.10. The van der Waals surface area contributed by atoms with E-state index in [-0.39, 0.29) is 0 Å². The van der Waals surface area contributed by atoms with Gasteiger partial charge >= 0.3 is 5.97 Å². The van der Waals surface area contributed by atoms with Crippen LogP contribution in [0.3, 0.4) is 0 Å². The van der Waals surface area contributed by atoms with Crippen LogP contribution < -0.4 is 5.48 Å². The van der Waals surface area contributed by atoms with E-state index < -0.39 is 23.5 Å². The summed E-state index contributed by atoms with van der Waals surface area (Å²) >= 11 is 0.407. The highest BCUT2D eigenvalue weighted by Crippen LogP contribution is 2.16. The molecule has 1 amide bonds. The van der Waals surface area contributed by atoms with E-state index in [2.05, 4.69) is 14.3 Å². The van der Waals surface area contributed by atoms with Crippen LogP contribution in [0.1, 0.15) is 6.42 Å². The third-order valence-electron chi connectivity index (χ3n) is 1.01. The lowest BCUT2D eigenvalue weighted by atomic mass is 10.3. The van der Waals surface area contributed by atoms with Crippen molar-refractivity contribution in [3.05, 3.63) is 0 Å². The first-order chi connectivity index (χ1) is 6.61. The van der Waals surface area contributed by atoms with Crippen LogP contribution in [0.5, 0.6) is 0 Å². The Labute approximate surface area is 83.1 Å². The first kappa shape index (κ1) is 13.1. The highest BCUT2D eigenvalue weighted by molar-refractivity contribution is 7.96. The molecule has 1 unspecified atom stereocenters. The zero-order valence-electron chi connectivity index (χ0n) is 7.13. The van der Waals surface area contributed by atoms with E-state index in [4.69, 9.17) is 10.3 Å². The smallest absolute Gasteiger partial charge is 0.305 e. The predicted octanol–water partition coefficient (Wildman–Crippen LogP) is -0.507. The molecule has 1 atom stereocenters. The second kappa shape index (κ2) is 7.53. The lowest BCUT2D eigenvalue weighted by Crippen LogP contribution is -2.32. The van der Waals surface area contributed by atoms with E-state index in [9.17, 15) is 9.59 Å². The zero-order chi connectivity index (χ0) is 11.0. The summed E-state index contributed by atoms with van der Waals surface area (Å²) in [5, 5.41) is 19.4. The third kappa shape index (κ3) is 5.72. The van der Waals surface area contributed by atoms with E-state index in [1.807, 2.05) is 0 Å². The molecule has 0 saturated carbocycles. The number of carboxylic acids is 1. The maximum atomic E-state index is 10.8. The second-order valence-corrected chi connectivity index (χ2v) is 2.86. The quantitative estimate of drug-likeness (QED) is 0.175. The van der Waals surface area contributed by atoms with Gasteiger partial charge in [-0.05, 0) is 0 Å². The van der Waals surface area contributed by atoms with Gasteiger partial charge in [-0.25, -0.2) is 10.4 Å². The number of carbonyl (C=O) groups is 2. The van der Waals surface area contributed by atoms with Gasteiger partial charge in [0.15, 0.2) is 0 Å². The van der Waals surface area contributed by atoms with Crippen molar-refractivity contribution in [2.75, 3.05) is 7.11 Å². The molecule has 0 aromatic carbocycles. The van der Waals surface area contributed by atoms with Crippen molar-refractivity contribution in [3.8, 4) is 0 Å².